The van der Waals surface area contributed by atoms with Crippen LogP contribution in [0.5, 0.6) is 0 Å². The predicted molar refractivity (Wildman–Crippen MR) is 74.6 cm³/mol. The maximum atomic E-state index is 13.5. The second-order valence-corrected chi connectivity index (χ2v) is 5.13. The van der Waals surface area contributed by atoms with E-state index in [1.54, 1.807) is 12.1 Å². The van der Waals surface area contributed by atoms with Crippen LogP contribution in [0, 0.1) is 11.2 Å². The van der Waals surface area contributed by atoms with Gasteiger partial charge >= 0.3 is 0 Å². The van der Waals surface area contributed by atoms with Crippen LogP contribution in [0.2, 0.25) is 0 Å². The number of unbranched alkanes of at least 4 members (excludes halogenated alkanes) is 1. The van der Waals surface area contributed by atoms with Gasteiger partial charge in [-0.15, -0.1) is 0 Å². The van der Waals surface area contributed by atoms with Crippen LogP contribution in [0.3, 0.4) is 0 Å². The largest absolute Gasteiger partial charge is 0.355 e. The molecule has 0 atom stereocenters. The van der Waals surface area contributed by atoms with Crippen LogP contribution in [0.4, 0.5) is 10.1 Å². The summed E-state index contributed by atoms with van der Waals surface area (Å²) in [5, 5.41) is 5.28. The van der Waals surface area contributed by atoms with Gasteiger partial charge in [-0.2, -0.15) is 0 Å². The predicted octanol–water partition coefficient (Wildman–Crippen LogP) is 2.46. The zero-order valence-corrected chi connectivity index (χ0v) is 11.5. The molecule has 20 heavy (non-hydrogen) atoms. The minimum Gasteiger partial charge on any atom is -0.355 e. The van der Waals surface area contributed by atoms with Gasteiger partial charge in [0, 0.05) is 6.54 Å². The molecule has 1 fully saturated rings. The molecule has 2 rings (SSSR count). The molecule has 0 aromatic heterocycles. The molecule has 1 aliphatic rings. The second kappa shape index (κ2) is 6.03. The Kier molecular flexibility index (Phi) is 4.37. The number of para-hydroxylation sites is 1. The van der Waals surface area contributed by atoms with Crippen LogP contribution in [0.1, 0.15) is 32.6 Å². The Morgan fingerprint density at radius 1 is 1.25 bits per heavy atom. The lowest BCUT2D eigenvalue weighted by Crippen LogP contribution is -2.40. The monoisotopic (exact) mass is 278 g/mol. The number of carbonyl (C=O) groups is 2. The Labute approximate surface area is 117 Å². The summed E-state index contributed by atoms with van der Waals surface area (Å²) in [5.41, 5.74) is -0.888. The fraction of sp³-hybridized carbons (Fsp3) is 0.467. The fourth-order valence-corrected chi connectivity index (χ4v) is 2.03. The molecule has 0 spiro atoms. The highest BCUT2D eigenvalue weighted by Gasteiger charge is 2.56. The molecule has 0 saturated heterocycles. The van der Waals surface area contributed by atoms with Gasteiger partial charge in [-0.3, -0.25) is 9.59 Å². The molecule has 0 unspecified atom stereocenters. The van der Waals surface area contributed by atoms with Gasteiger partial charge in [-0.05, 0) is 31.4 Å². The molecular weight excluding hydrogens is 259 g/mol. The van der Waals surface area contributed by atoms with E-state index >= 15 is 0 Å². The summed E-state index contributed by atoms with van der Waals surface area (Å²) < 4.78 is 13.5. The zero-order chi connectivity index (χ0) is 14.6. The number of carbonyl (C=O) groups excluding carboxylic acids is 2. The van der Waals surface area contributed by atoms with Gasteiger partial charge in [0.15, 0.2) is 0 Å². The van der Waals surface area contributed by atoms with Gasteiger partial charge < -0.3 is 10.6 Å². The molecular formula is C15H19FN2O2. The van der Waals surface area contributed by atoms with Crippen molar-refractivity contribution in [3.63, 3.8) is 0 Å². The van der Waals surface area contributed by atoms with Crippen molar-refractivity contribution in [1.82, 2.24) is 5.32 Å². The lowest BCUT2D eigenvalue weighted by atomic mass is 10.0. The third-order valence-electron chi connectivity index (χ3n) is 3.56. The Morgan fingerprint density at radius 3 is 2.55 bits per heavy atom. The van der Waals surface area contributed by atoms with E-state index in [1.165, 1.54) is 12.1 Å². The minimum atomic E-state index is -1.00. The van der Waals surface area contributed by atoms with Crippen molar-refractivity contribution in [3.05, 3.63) is 30.1 Å². The van der Waals surface area contributed by atoms with Crippen molar-refractivity contribution in [3.8, 4) is 0 Å². The summed E-state index contributed by atoms with van der Waals surface area (Å²) in [6, 6.07) is 5.95. The second-order valence-electron chi connectivity index (χ2n) is 5.13. The lowest BCUT2D eigenvalue weighted by Gasteiger charge is -2.15. The van der Waals surface area contributed by atoms with Crippen molar-refractivity contribution in [2.45, 2.75) is 32.6 Å². The van der Waals surface area contributed by atoms with E-state index in [1.807, 2.05) is 6.92 Å². The van der Waals surface area contributed by atoms with E-state index < -0.39 is 17.1 Å². The van der Waals surface area contributed by atoms with Gasteiger partial charge in [-0.25, -0.2) is 4.39 Å². The number of hydrogen-bond acceptors (Lipinski definition) is 2. The molecule has 0 heterocycles. The van der Waals surface area contributed by atoms with Crippen LogP contribution >= 0.6 is 0 Å². The first-order chi connectivity index (χ1) is 9.60. The summed E-state index contributed by atoms with van der Waals surface area (Å²) in [6.45, 7) is 2.61. The number of halogens is 1. The van der Waals surface area contributed by atoms with Crippen molar-refractivity contribution in [1.29, 1.82) is 0 Å². The van der Waals surface area contributed by atoms with E-state index in [2.05, 4.69) is 10.6 Å². The van der Waals surface area contributed by atoms with Gasteiger partial charge in [-0.1, -0.05) is 25.5 Å². The standard InChI is InChI=1S/C15H19FN2O2/c1-2-3-10-17-13(19)15(8-9-15)14(20)18-12-7-5-4-6-11(12)16/h4-7H,2-3,8-10H2,1H3,(H,17,19)(H,18,20). The zero-order valence-electron chi connectivity index (χ0n) is 11.5. The van der Waals surface area contributed by atoms with Gasteiger partial charge in [0.25, 0.3) is 0 Å². The Bertz CT molecular complexity index is 512. The maximum absolute atomic E-state index is 13.5. The number of rotatable bonds is 6. The fourth-order valence-electron chi connectivity index (χ4n) is 2.03. The molecule has 1 aromatic carbocycles. The number of nitrogens with one attached hydrogen (secondary N) is 2. The maximum Gasteiger partial charge on any atom is 0.240 e. The molecule has 0 bridgehead atoms. The molecule has 108 valence electrons. The van der Waals surface area contributed by atoms with Crippen LogP contribution < -0.4 is 10.6 Å². The minimum absolute atomic E-state index is 0.116. The molecule has 1 aromatic rings. The van der Waals surface area contributed by atoms with Crippen molar-refractivity contribution in [2.75, 3.05) is 11.9 Å². The van der Waals surface area contributed by atoms with Crippen molar-refractivity contribution >= 4 is 17.5 Å². The highest BCUT2D eigenvalue weighted by molar-refractivity contribution is 6.13. The van der Waals surface area contributed by atoms with Crippen molar-refractivity contribution < 1.29 is 14.0 Å². The van der Waals surface area contributed by atoms with Crippen LogP contribution in [0.25, 0.3) is 0 Å². The summed E-state index contributed by atoms with van der Waals surface area (Å²) in [5.74, 6) is -1.17. The summed E-state index contributed by atoms with van der Waals surface area (Å²) >= 11 is 0. The van der Waals surface area contributed by atoms with Gasteiger partial charge in [0.1, 0.15) is 11.2 Å². The molecule has 2 amide bonds. The molecule has 1 saturated carbocycles. The number of hydrogen-bond donors (Lipinski definition) is 2. The molecule has 0 aliphatic heterocycles. The SMILES string of the molecule is CCCCNC(=O)C1(C(=O)Nc2ccccc2F)CC1. The van der Waals surface area contributed by atoms with Crippen LogP contribution in [-0.4, -0.2) is 18.4 Å². The first-order valence-corrected chi connectivity index (χ1v) is 6.94. The summed E-state index contributed by atoms with van der Waals surface area (Å²) in [7, 11) is 0. The molecule has 5 heteroatoms. The number of amides is 2. The average molecular weight is 278 g/mol. The van der Waals surface area contributed by atoms with Crippen LogP contribution in [-0.2, 0) is 9.59 Å². The highest BCUT2D eigenvalue weighted by Crippen LogP contribution is 2.46. The Balaban J connectivity index is 1.98. The Morgan fingerprint density at radius 2 is 1.95 bits per heavy atom. The third kappa shape index (κ3) is 2.98. The normalized spacial score (nSPS) is 15.5. The van der Waals surface area contributed by atoms with Gasteiger partial charge in [0.2, 0.25) is 11.8 Å². The summed E-state index contributed by atoms with van der Waals surface area (Å²) in [4.78, 5) is 24.2. The summed E-state index contributed by atoms with van der Waals surface area (Å²) in [6.07, 6.45) is 2.90. The average Bonchev–Trinajstić information content (AvgIpc) is 3.23. The highest BCUT2D eigenvalue weighted by atomic mass is 19.1. The molecule has 1 aliphatic carbocycles. The molecule has 2 N–H and O–H groups in total. The number of anilines is 1. The van der Waals surface area contributed by atoms with E-state index in [9.17, 15) is 14.0 Å². The quantitative estimate of drug-likeness (QED) is 0.620. The molecule has 4 nitrogen and oxygen atoms in total. The van der Waals surface area contributed by atoms with Crippen molar-refractivity contribution in [2.24, 2.45) is 5.41 Å². The van der Waals surface area contributed by atoms with E-state index in [-0.39, 0.29) is 11.6 Å². The van der Waals surface area contributed by atoms with E-state index in [4.69, 9.17) is 0 Å². The third-order valence-corrected chi connectivity index (χ3v) is 3.56. The topological polar surface area (TPSA) is 58.2 Å². The first-order valence-electron chi connectivity index (χ1n) is 6.94. The van der Waals surface area contributed by atoms with E-state index in [0.29, 0.717) is 19.4 Å². The smallest absolute Gasteiger partial charge is 0.240 e. The number of benzene rings is 1. The molecule has 0 radical (unpaired) electrons. The van der Waals surface area contributed by atoms with Gasteiger partial charge in [0.05, 0.1) is 5.69 Å². The lowest BCUT2D eigenvalue weighted by molar-refractivity contribution is -0.134. The Hall–Kier alpha value is -1.91. The van der Waals surface area contributed by atoms with Crippen LogP contribution in [0.15, 0.2) is 24.3 Å². The van der Waals surface area contributed by atoms with E-state index in [0.717, 1.165) is 12.8 Å². The first kappa shape index (κ1) is 14.5.